The van der Waals surface area contributed by atoms with E-state index in [9.17, 15) is 0 Å². The maximum Gasteiger partial charge on any atom is 0.341 e. The highest BCUT2D eigenvalue weighted by Gasteiger charge is 2.44. The molecule has 0 aromatic heterocycles. The van der Waals surface area contributed by atoms with Crippen LogP contribution in [0.4, 0.5) is 0 Å². The van der Waals surface area contributed by atoms with Gasteiger partial charge in [0.2, 0.25) is 0 Å². The van der Waals surface area contributed by atoms with Crippen LogP contribution in [0.5, 0.6) is 0 Å². The van der Waals surface area contributed by atoms with Gasteiger partial charge in [0, 0.05) is 18.8 Å². The Morgan fingerprint density at radius 3 is 1.86 bits per heavy atom. The molecule has 1 aliphatic rings. The maximum absolute atomic E-state index is 6.02. The van der Waals surface area contributed by atoms with Crippen LogP contribution < -0.4 is 0 Å². The Balaban J connectivity index is 2.64. The molecular formula is C11H24O2Si. The van der Waals surface area contributed by atoms with Crippen LogP contribution in [0, 0.1) is 0 Å². The molecule has 0 unspecified atom stereocenters. The fourth-order valence-corrected chi connectivity index (χ4v) is 6.43. The summed E-state index contributed by atoms with van der Waals surface area (Å²) in [5, 5.41) is 0. The van der Waals surface area contributed by atoms with E-state index in [-0.39, 0.29) is 0 Å². The number of hydrogen-bond donors (Lipinski definition) is 0. The predicted molar refractivity (Wildman–Crippen MR) is 61.7 cm³/mol. The predicted octanol–water partition coefficient (Wildman–Crippen LogP) is 3.47. The first-order valence-corrected chi connectivity index (χ1v) is 8.17. The third-order valence-corrected chi connectivity index (χ3v) is 7.61. The highest BCUT2D eigenvalue weighted by Crippen LogP contribution is 2.41. The van der Waals surface area contributed by atoms with Crippen LogP contribution in [0.2, 0.25) is 11.6 Å². The Morgan fingerprint density at radius 1 is 1.00 bits per heavy atom. The number of hydrogen-bond acceptors (Lipinski definition) is 2. The largest absolute Gasteiger partial charge is 0.394 e. The van der Waals surface area contributed by atoms with Gasteiger partial charge in [-0.1, -0.05) is 19.8 Å². The van der Waals surface area contributed by atoms with E-state index in [1.807, 2.05) is 0 Å². The fraction of sp³-hybridized carbons (Fsp3) is 1.00. The molecule has 1 saturated carbocycles. The fourth-order valence-electron chi connectivity index (χ4n) is 2.62. The van der Waals surface area contributed by atoms with E-state index in [0.717, 1.165) is 24.8 Å². The van der Waals surface area contributed by atoms with Gasteiger partial charge in [-0.15, -0.1) is 0 Å². The van der Waals surface area contributed by atoms with E-state index >= 15 is 0 Å². The van der Waals surface area contributed by atoms with E-state index in [2.05, 4.69) is 20.8 Å². The standard InChI is InChI=1S/C11H24O2Si/c1-4-12-14(6-3,13-5-2)11-9-7-8-10-11/h11H,4-10H2,1-3H3. The van der Waals surface area contributed by atoms with Gasteiger partial charge in [-0.2, -0.15) is 0 Å². The lowest BCUT2D eigenvalue weighted by atomic mass is 10.4. The molecule has 2 nitrogen and oxygen atoms in total. The van der Waals surface area contributed by atoms with Gasteiger partial charge in [0.05, 0.1) is 0 Å². The summed E-state index contributed by atoms with van der Waals surface area (Å²) in [5.74, 6) is 0. The Morgan fingerprint density at radius 2 is 1.50 bits per heavy atom. The van der Waals surface area contributed by atoms with E-state index in [4.69, 9.17) is 8.85 Å². The van der Waals surface area contributed by atoms with Gasteiger partial charge in [-0.25, -0.2) is 0 Å². The minimum absolute atomic E-state index is 0.757. The summed E-state index contributed by atoms with van der Waals surface area (Å²) >= 11 is 0. The van der Waals surface area contributed by atoms with Gasteiger partial charge in [0.15, 0.2) is 0 Å². The average molecular weight is 216 g/mol. The minimum Gasteiger partial charge on any atom is -0.394 e. The van der Waals surface area contributed by atoms with Crippen molar-refractivity contribution in [2.75, 3.05) is 13.2 Å². The van der Waals surface area contributed by atoms with Crippen molar-refractivity contribution in [3.63, 3.8) is 0 Å². The summed E-state index contributed by atoms with van der Waals surface area (Å²) in [5.41, 5.74) is 0.757. The van der Waals surface area contributed by atoms with E-state index in [1.165, 1.54) is 25.7 Å². The van der Waals surface area contributed by atoms with Gasteiger partial charge < -0.3 is 8.85 Å². The third-order valence-electron chi connectivity index (χ3n) is 3.25. The van der Waals surface area contributed by atoms with Gasteiger partial charge in [-0.05, 0) is 32.7 Å². The van der Waals surface area contributed by atoms with Crippen LogP contribution >= 0.6 is 0 Å². The first-order valence-electron chi connectivity index (χ1n) is 6.07. The summed E-state index contributed by atoms with van der Waals surface area (Å²) in [6, 6.07) is 1.11. The second kappa shape index (κ2) is 5.88. The summed E-state index contributed by atoms with van der Waals surface area (Å²) in [4.78, 5) is 0. The molecule has 0 saturated heterocycles. The lowest BCUT2D eigenvalue weighted by Gasteiger charge is -2.34. The van der Waals surface area contributed by atoms with Crippen molar-refractivity contribution in [3.05, 3.63) is 0 Å². The van der Waals surface area contributed by atoms with E-state index < -0.39 is 8.56 Å². The van der Waals surface area contributed by atoms with E-state index in [0.29, 0.717) is 0 Å². The van der Waals surface area contributed by atoms with E-state index in [1.54, 1.807) is 0 Å². The van der Waals surface area contributed by atoms with Crippen molar-refractivity contribution in [2.45, 2.75) is 58.0 Å². The SMILES string of the molecule is CCO[Si](CC)(OCC)C1CCCC1. The van der Waals surface area contributed by atoms with Gasteiger partial charge in [0.25, 0.3) is 0 Å². The second-order valence-electron chi connectivity index (χ2n) is 4.01. The van der Waals surface area contributed by atoms with Crippen LogP contribution in [0.3, 0.4) is 0 Å². The van der Waals surface area contributed by atoms with Gasteiger partial charge in [-0.3, -0.25) is 0 Å². The van der Waals surface area contributed by atoms with Crippen molar-refractivity contribution in [1.82, 2.24) is 0 Å². The smallest absolute Gasteiger partial charge is 0.341 e. The molecule has 0 N–H and O–H groups in total. The molecule has 84 valence electrons. The number of rotatable bonds is 6. The highest BCUT2D eigenvalue weighted by atomic mass is 28.4. The van der Waals surface area contributed by atoms with Crippen LogP contribution in [-0.2, 0) is 8.85 Å². The Labute approximate surface area is 89.2 Å². The van der Waals surface area contributed by atoms with Crippen molar-refractivity contribution in [3.8, 4) is 0 Å². The molecule has 0 heterocycles. The summed E-state index contributed by atoms with van der Waals surface area (Å²) in [6.45, 7) is 8.04. The van der Waals surface area contributed by atoms with Crippen molar-refractivity contribution >= 4 is 8.56 Å². The lowest BCUT2D eigenvalue weighted by Crippen LogP contribution is -2.45. The molecular weight excluding hydrogens is 192 g/mol. The van der Waals surface area contributed by atoms with Gasteiger partial charge in [0.1, 0.15) is 0 Å². The average Bonchev–Trinajstić information content (AvgIpc) is 2.70. The molecule has 14 heavy (non-hydrogen) atoms. The zero-order valence-electron chi connectivity index (χ0n) is 9.84. The second-order valence-corrected chi connectivity index (χ2v) is 7.74. The monoisotopic (exact) mass is 216 g/mol. The molecule has 0 aromatic rings. The Kier molecular flexibility index (Phi) is 5.13. The lowest BCUT2D eigenvalue weighted by molar-refractivity contribution is 0.173. The summed E-state index contributed by atoms with van der Waals surface area (Å²) < 4.78 is 12.0. The van der Waals surface area contributed by atoms with Crippen LogP contribution in [0.15, 0.2) is 0 Å². The molecule has 0 bridgehead atoms. The topological polar surface area (TPSA) is 18.5 Å². The first-order chi connectivity index (χ1) is 6.79. The Bertz CT molecular complexity index is 149. The summed E-state index contributed by atoms with van der Waals surface area (Å²) in [7, 11) is -1.84. The molecule has 0 spiro atoms. The molecule has 3 heteroatoms. The van der Waals surface area contributed by atoms with Crippen molar-refractivity contribution < 1.29 is 8.85 Å². The molecule has 0 radical (unpaired) electrons. The molecule has 0 aliphatic heterocycles. The van der Waals surface area contributed by atoms with Gasteiger partial charge >= 0.3 is 8.56 Å². The minimum atomic E-state index is -1.84. The normalized spacial score (nSPS) is 19.1. The molecule has 1 aliphatic carbocycles. The van der Waals surface area contributed by atoms with Crippen LogP contribution in [0.25, 0.3) is 0 Å². The zero-order chi connectivity index (χ0) is 10.4. The summed E-state index contributed by atoms with van der Waals surface area (Å²) in [6.07, 6.45) is 5.42. The maximum atomic E-state index is 6.02. The molecule has 1 fully saturated rings. The molecule has 0 aromatic carbocycles. The molecule has 1 rings (SSSR count). The highest BCUT2D eigenvalue weighted by molar-refractivity contribution is 6.69. The molecule has 0 atom stereocenters. The molecule has 0 amide bonds. The zero-order valence-corrected chi connectivity index (χ0v) is 10.8. The van der Waals surface area contributed by atoms with Crippen molar-refractivity contribution in [1.29, 1.82) is 0 Å². The quantitative estimate of drug-likeness (QED) is 0.633. The first kappa shape index (κ1) is 12.2. The third kappa shape index (κ3) is 2.58. The van der Waals surface area contributed by atoms with Crippen LogP contribution in [0.1, 0.15) is 46.5 Å². The van der Waals surface area contributed by atoms with Crippen LogP contribution in [-0.4, -0.2) is 21.8 Å². The Hall–Kier alpha value is 0.137. The van der Waals surface area contributed by atoms with Crippen molar-refractivity contribution in [2.24, 2.45) is 0 Å².